The van der Waals surface area contributed by atoms with Crippen molar-refractivity contribution < 1.29 is 9.53 Å². The van der Waals surface area contributed by atoms with Gasteiger partial charge in [-0.05, 0) is 17.5 Å². The van der Waals surface area contributed by atoms with Crippen molar-refractivity contribution in [2.45, 2.75) is 4.90 Å². The van der Waals surface area contributed by atoms with Gasteiger partial charge < -0.3 is 4.74 Å². The summed E-state index contributed by atoms with van der Waals surface area (Å²) in [4.78, 5) is 11.8. The molecule has 0 aliphatic carbocycles. The third kappa shape index (κ3) is 1.31. The molecule has 0 radical (unpaired) electrons. The number of hydrogen-bond acceptors (Lipinski definition) is 4. The van der Waals surface area contributed by atoms with Crippen LogP contribution >= 0.6 is 24.0 Å². The van der Waals surface area contributed by atoms with Gasteiger partial charge in [0.15, 0.2) is 6.29 Å². The first-order valence-corrected chi connectivity index (χ1v) is 5.33. The highest BCUT2D eigenvalue weighted by Gasteiger charge is 2.11. The predicted octanol–water partition coefficient (Wildman–Crippen LogP) is 3.01. The monoisotopic (exact) mass is 224 g/mol. The fourth-order valence-corrected chi connectivity index (χ4v) is 2.63. The van der Waals surface area contributed by atoms with E-state index in [9.17, 15) is 4.79 Å². The van der Waals surface area contributed by atoms with Gasteiger partial charge in [0.25, 0.3) is 0 Å². The maximum atomic E-state index is 10.9. The summed E-state index contributed by atoms with van der Waals surface area (Å²) in [7, 11) is 1.55. The first-order chi connectivity index (χ1) is 6.77. The van der Waals surface area contributed by atoms with Crippen LogP contribution in [-0.2, 0) is 0 Å². The number of carbonyl (C=O) groups excluding carboxylic acids is 1. The minimum absolute atomic E-state index is 0.580. The Morgan fingerprint density at radius 1 is 1.57 bits per heavy atom. The van der Waals surface area contributed by atoms with E-state index >= 15 is 0 Å². The number of aldehydes is 1. The zero-order valence-corrected chi connectivity index (χ0v) is 9.19. The van der Waals surface area contributed by atoms with Gasteiger partial charge in [0.1, 0.15) is 5.75 Å². The van der Waals surface area contributed by atoms with Gasteiger partial charge in [-0.1, -0.05) is 0 Å². The summed E-state index contributed by atoms with van der Waals surface area (Å²) in [5, 5.41) is 2.85. The number of methoxy groups -OCH3 is 1. The molecule has 72 valence electrons. The van der Waals surface area contributed by atoms with E-state index < -0.39 is 0 Å². The molecular formula is C10H8O2S2. The van der Waals surface area contributed by atoms with Crippen LogP contribution in [0.1, 0.15) is 10.4 Å². The molecule has 0 amide bonds. The molecule has 0 spiro atoms. The quantitative estimate of drug-likeness (QED) is 0.627. The lowest BCUT2D eigenvalue weighted by atomic mass is 10.1. The van der Waals surface area contributed by atoms with Gasteiger partial charge in [-0.25, -0.2) is 0 Å². The van der Waals surface area contributed by atoms with E-state index in [0.29, 0.717) is 11.3 Å². The highest BCUT2D eigenvalue weighted by molar-refractivity contribution is 7.80. The Hall–Kier alpha value is -1.00. The first-order valence-electron chi connectivity index (χ1n) is 4.00. The lowest BCUT2D eigenvalue weighted by molar-refractivity contribution is 0.112. The third-order valence-electron chi connectivity index (χ3n) is 2.06. The number of rotatable bonds is 2. The molecule has 2 rings (SSSR count). The number of fused-ring (bicyclic) bond motifs is 1. The van der Waals surface area contributed by atoms with Crippen molar-refractivity contribution in [2.75, 3.05) is 7.11 Å². The van der Waals surface area contributed by atoms with Crippen LogP contribution in [0.5, 0.6) is 5.75 Å². The van der Waals surface area contributed by atoms with Crippen LogP contribution in [0.4, 0.5) is 0 Å². The summed E-state index contributed by atoms with van der Waals surface area (Å²) in [6.45, 7) is 0. The van der Waals surface area contributed by atoms with Gasteiger partial charge in [0, 0.05) is 15.0 Å². The molecule has 0 fully saturated rings. The van der Waals surface area contributed by atoms with Crippen LogP contribution in [0.15, 0.2) is 22.4 Å². The zero-order valence-electron chi connectivity index (χ0n) is 7.48. The third-order valence-corrected chi connectivity index (χ3v) is 3.51. The Morgan fingerprint density at radius 3 is 3.00 bits per heavy atom. The molecule has 0 aliphatic heterocycles. The van der Waals surface area contributed by atoms with Crippen LogP contribution in [-0.4, -0.2) is 13.4 Å². The van der Waals surface area contributed by atoms with E-state index in [1.54, 1.807) is 24.5 Å². The van der Waals surface area contributed by atoms with Crippen molar-refractivity contribution in [3.8, 4) is 5.75 Å². The highest BCUT2D eigenvalue weighted by atomic mass is 32.1. The molecule has 0 saturated heterocycles. The van der Waals surface area contributed by atoms with E-state index in [4.69, 9.17) is 4.74 Å². The second-order valence-corrected chi connectivity index (χ2v) is 4.19. The fraction of sp³-hybridized carbons (Fsp3) is 0.100. The topological polar surface area (TPSA) is 26.3 Å². The second-order valence-electron chi connectivity index (χ2n) is 2.79. The Kier molecular flexibility index (Phi) is 2.48. The van der Waals surface area contributed by atoms with Crippen LogP contribution in [0, 0.1) is 0 Å². The molecule has 1 heterocycles. The zero-order chi connectivity index (χ0) is 10.1. The number of ether oxygens (including phenoxy) is 1. The van der Waals surface area contributed by atoms with Crippen molar-refractivity contribution in [1.82, 2.24) is 0 Å². The molecule has 2 aromatic rings. The Labute approximate surface area is 90.9 Å². The average molecular weight is 224 g/mol. The van der Waals surface area contributed by atoms with Crippen LogP contribution < -0.4 is 4.74 Å². The van der Waals surface area contributed by atoms with Gasteiger partial charge in [-0.2, -0.15) is 0 Å². The van der Waals surface area contributed by atoms with Crippen molar-refractivity contribution in [3.63, 3.8) is 0 Å². The number of thiophene rings is 1. The van der Waals surface area contributed by atoms with Crippen molar-refractivity contribution in [3.05, 3.63) is 23.1 Å². The molecule has 1 aromatic heterocycles. The molecule has 0 unspecified atom stereocenters. The van der Waals surface area contributed by atoms with Gasteiger partial charge in [-0.15, -0.1) is 24.0 Å². The molecule has 4 heteroatoms. The number of hydrogen-bond donors (Lipinski definition) is 1. The van der Waals surface area contributed by atoms with Crippen LogP contribution in [0.2, 0.25) is 0 Å². The molecular weight excluding hydrogens is 216 g/mol. The largest absolute Gasteiger partial charge is 0.496 e. The summed E-state index contributed by atoms with van der Waals surface area (Å²) in [5.74, 6) is 0.580. The number of benzene rings is 1. The molecule has 14 heavy (non-hydrogen) atoms. The lowest BCUT2D eigenvalue weighted by Gasteiger charge is -2.06. The Morgan fingerprint density at radius 2 is 2.36 bits per heavy atom. The van der Waals surface area contributed by atoms with Gasteiger partial charge >= 0.3 is 0 Å². The van der Waals surface area contributed by atoms with Crippen molar-refractivity contribution in [1.29, 1.82) is 0 Å². The Bertz CT molecular complexity index is 488. The highest BCUT2D eigenvalue weighted by Crippen LogP contribution is 2.35. The minimum Gasteiger partial charge on any atom is -0.496 e. The average Bonchev–Trinajstić information content (AvgIpc) is 2.66. The molecule has 0 bridgehead atoms. The summed E-state index contributed by atoms with van der Waals surface area (Å²) >= 11 is 5.91. The van der Waals surface area contributed by atoms with E-state index in [2.05, 4.69) is 12.6 Å². The standard InChI is InChI=1S/C10H8O2S2/c1-12-8-4-9(13)10-6(2-3-14-10)7(8)5-11/h2-5,13H,1H3. The predicted molar refractivity (Wildman–Crippen MR) is 61.0 cm³/mol. The van der Waals surface area contributed by atoms with Crippen molar-refractivity contribution >= 4 is 40.3 Å². The van der Waals surface area contributed by atoms with Gasteiger partial charge in [0.2, 0.25) is 0 Å². The maximum Gasteiger partial charge on any atom is 0.154 e. The van der Waals surface area contributed by atoms with E-state index in [-0.39, 0.29) is 0 Å². The first kappa shape index (κ1) is 9.55. The molecule has 0 aliphatic rings. The maximum absolute atomic E-state index is 10.9. The van der Waals surface area contributed by atoms with E-state index in [0.717, 1.165) is 21.3 Å². The fourth-order valence-electron chi connectivity index (χ4n) is 1.41. The molecule has 2 nitrogen and oxygen atoms in total. The minimum atomic E-state index is 0.580. The summed E-state index contributed by atoms with van der Waals surface area (Å²) in [5.41, 5.74) is 0.599. The van der Waals surface area contributed by atoms with E-state index in [1.165, 1.54) is 0 Å². The number of thiol groups is 1. The summed E-state index contributed by atoms with van der Waals surface area (Å²) < 4.78 is 6.14. The molecule has 0 N–H and O–H groups in total. The normalized spacial score (nSPS) is 10.4. The lowest BCUT2D eigenvalue weighted by Crippen LogP contribution is -1.91. The SMILES string of the molecule is COc1cc(S)c2sccc2c1C=O. The summed E-state index contributed by atoms with van der Waals surface area (Å²) in [6, 6.07) is 3.68. The van der Waals surface area contributed by atoms with E-state index in [1.807, 2.05) is 11.4 Å². The molecule has 0 saturated carbocycles. The summed E-state index contributed by atoms with van der Waals surface area (Å²) in [6.07, 6.45) is 0.821. The number of carbonyl (C=O) groups is 1. The molecule has 1 aromatic carbocycles. The smallest absolute Gasteiger partial charge is 0.154 e. The molecule has 0 atom stereocenters. The van der Waals surface area contributed by atoms with Crippen LogP contribution in [0.25, 0.3) is 10.1 Å². The Balaban J connectivity index is 2.88. The van der Waals surface area contributed by atoms with Crippen LogP contribution in [0.3, 0.4) is 0 Å². The van der Waals surface area contributed by atoms with Crippen molar-refractivity contribution in [2.24, 2.45) is 0 Å². The van der Waals surface area contributed by atoms with Gasteiger partial charge in [-0.3, -0.25) is 4.79 Å². The second kappa shape index (κ2) is 3.63. The van der Waals surface area contributed by atoms with Gasteiger partial charge in [0.05, 0.1) is 12.7 Å².